The molecule has 5 nitrogen and oxygen atoms in total. The van der Waals surface area contributed by atoms with E-state index < -0.39 is 4.92 Å². The van der Waals surface area contributed by atoms with Crippen molar-refractivity contribution in [1.82, 2.24) is 5.32 Å². The van der Waals surface area contributed by atoms with Crippen LogP contribution in [0.5, 0.6) is 0 Å². The predicted octanol–water partition coefficient (Wildman–Crippen LogP) is 2.50. The predicted molar refractivity (Wildman–Crippen MR) is 70.7 cm³/mol. The molecule has 1 atom stereocenters. The lowest BCUT2D eigenvalue weighted by molar-refractivity contribution is -0.385. The number of nitro groups is 1. The first kappa shape index (κ1) is 14.9. The summed E-state index contributed by atoms with van der Waals surface area (Å²) in [6.45, 7) is 2.78. The van der Waals surface area contributed by atoms with Gasteiger partial charge in [0, 0.05) is 12.6 Å². The third-order valence-electron chi connectivity index (χ3n) is 2.57. The maximum absolute atomic E-state index is 10.8. The number of halogens is 1. The van der Waals surface area contributed by atoms with Gasteiger partial charge in [-0.15, -0.1) is 0 Å². The van der Waals surface area contributed by atoms with Crippen LogP contribution in [0.15, 0.2) is 18.2 Å². The van der Waals surface area contributed by atoms with Crippen molar-refractivity contribution in [3.63, 3.8) is 0 Å². The molecule has 0 radical (unpaired) electrons. The summed E-state index contributed by atoms with van der Waals surface area (Å²) >= 11 is 5.95. The molecular formula is C12H17ClN2O3. The highest BCUT2D eigenvalue weighted by atomic mass is 35.5. The largest absolute Gasteiger partial charge is 0.393 e. The molecule has 0 aliphatic carbocycles. The molecule has 0 heterocycles. The normalized spacial score (nSPS) is 12.4. The van der Waals surface area contributed by atoms with E-state index in [0.717, 1.165) is 6.42 Å². The van der Waals surface area contributed by atoms with Crippen LogP contribution in [-0.4, -0.2) is 22.7 Å². The first-order chi connectivity index (χ1) is 8.52. The zero-order chi connectivity index (χ0) is 13.5. The molecule has 0 aromatic heterocycles. The Morgan fingerprint density at radius 3 is 2.89 bits per heavy atom. The maximum atomic E-state index is 10.8. The summed E-state index contributed by atoms with van der Waals surface area (Å²) in [7, 11) is 0. The summed E-state index contributed by atoms with van der Waals surface area (Å²) in [5.41, 5.74) is 0.534. The second-order valence-corrected chi connectivity index (χ2v) is 4.57. The third kappa shape index (κ3) is 4.60. The van der Waals surface area contributed by atoms with Gasteiger partial charge in [0.25, 0.3) is 5.69 Å². The Kier molecular flexibility index (Phi) is 6.04. The van der Waals surface area contributed by atoms with Gasteiger partial charge in [0.1, 0.15) is 0 Å². The molecule has 18 heavy (non-hydrogen) atoms. The van der Waals surface area contributed by atoms with Gasteiger partial charge in [0.05, 0.1) is 21.6 Å². The lowest BCUT2D eigenvalue weighted by atomic mass is 10.1. The summed E-state index contributed by atoms with van der Waals surface area (Å²) < 4.78 is 0. The molecule has 0 bridgehead atoms. The molecule has 100 valence electrons. The molecule has 0 amide bonds. The van der Waals surface area contributed by atoms with Crippen molar-refractivity contribution >= 4 is 17.3 Å². The number of aliphatic hydroxyl groups excluding tert-OH is 1. The van der Waals surface area contributed by atoms with E-state index in [9.17, 15) is 10.1 Å². The van der Waals surface area contributed by atoms with Gasteiger partial charge in [-0.3, -0.25) is 10.1 Å². The number of hydrogen-bond donors (Lipinski definition) is 2. The number of hydrogen-bond acceptors (Lipinski definition) is 4. The van der Waals surface area contributed by atoms with Crippen molar-refractivity contribution in [1.29, 1.82) is 0 Å². The van der Waals surface area contributed by atoms with Crippen LogP contribution in [0.1, 0.15) is 25.3 Å². The zero-order valence-corrected chi connectivity index (χ0v) is 11.0. The molecule has 0 fully saturated rings. The van der Waals surface area contributed by atoms with E-state index in [1.807, 2.05) is 0 Å². The van der Waals surface area contributed by atoms with Crippen molar-refractivity contribution < 1.29 is 10.0 Å². The van der Waals surface area contributed by atoms with Crippen LogP contribution in [0.3, 0.4) is 0 Å². The van der Waals surface area contributed by atoms with E-state index in [2.05, 4.69) is 5.32 Å². The molecular weight excluding hydrogens is 256 g/mol. The van der Waals surface area contributed by atoms with Crippen molar-refractivity contribution in [2.75, 3.05) is 6.54 Å². The minimum atomic E-state index is -0.432. The zero-order valence-electron chi connectivity index (χ0n) is 10.2. The van der Waals surface area contributed by atoms with Crippen LogP contribution in [-0.2, 0) is 6.54 Å². The molecule has 1 rings (SSSR count). The number of nitro benzene ring substituents is 1. The molecule has 2 N–H and O–H groups in total. The average Bonchev–Trinajstić information content (AvgIpc) is 2.29. The van der Waals surface area contributed by atoms with E-state index >= 15 is 0 Å². The average molecular weight is 273 g/mol. The van der Waals surface area contributed by atoms with Crippen LogP contribution >= 0.6 is 11.6 Å². The van der Waals surface area contributed by atoms with E-state index in [1.165, 1.54) is 6.07 Å². The van der Waals surface area contributed by atoms with Gasteiger partial charge < -0.3 is 10.4 Å². The molecule has 0 spiro atoms. The number of nitrogens with one attached hydrogen (secondary N) is 1. The van der Waals surface area contributed by atoms with Crippen LogP contribution in [0.4, 0.5) is 5.69 Å². The Labute approximate surface area is 111 Å². The topological polar surface area (TPSA) is 75.4 Å². The highest BCUT2D eigenvalue weighted by Crippen LogP contribution is 2.25. The van der Waals surface area contributed by atoms with Gasteiger partial charge in [0.15, 0.2) is 0 Å². The maximum Gasteiger partial charge on any atom is 0.275 e. The summed E-state index contributed by atoms with van der Waals surface area (Å²) in [5, 5.41) is 23.4. The Morgan fingerprint density at radius 1 is 1.56 bits per heavy atom. The first-order valence-corrected chi connectivity index (χ1v) is 6.20. The van der Waals surface area contributed by atoms with Crippen molar-refractivity contribution in [2.45, 2.75) is 32.4 Å². The van der Waals surface area contributed by atoms with Gasteiger partial charge >= 0.3 is 0 Å². The fraction of sp³-hybridized carbons (Fsp3) is 0.500. The summed E-state index contributed by atoms with van der Waals surface area (Å²) in [6, 6.07) is 4.65. The van der Waals surface area contributed by atoms with E-state index in [-0.39, 0.29) is 11.8 Å². The van der Waals surface area contributed by atoms with Crippen LogP contribution in [0.25, 0.3) is 0 Å². The summed E-state index contributed by atoms with van der Waals surface area (Å²) in [4.78, 5) is 10.4. The fourth-order valence-corrected chi connectivity index (χ4v) is 1.87. The minimum absolute atomic E-state index is 0.0329. The number of nitrogens with zero attached hydrogens (tertiary/aromatic N) is 1. The van der Waals surface area contributed by atoms with Crippen LogP contribution in [0.2, 0.25) is 5.02 Å². The Morgan fingerprint density at radius 2 is 2.28 bits per heavy atom. The first-order valence-electron chi connectivity index (χ1n) is 5.83. The highest BCUT2D eigenvalue weighted by molar-refractivity contribution is 6.31. The van der Waals surface area contributed by atoms with Gasteiger partial charge in [-0.1, -0.05) is 17.7 Å². The minimum Gasteiger partial charge on any atom is -0.393 e. The van der Waals surface area contributed by atoms with Gasteiger partial charge in [-0.2, -0.15) is 0 Å². The van der Waals surface area contributed by atoms with Crippen molar-refractivity contribution in [2.24, 2.45) is 0 Å². The Balaban J connectivity index is 2.53. The molecule has 1 unspecified atom stereocenters. The standard InChI is InChI=1S/C12H17ClN2O3/c1-9(16)4-3-7-14-8-10-11(13)5-2-6-12(10)15(17)18/h2,5-6,9,14,16H,3-4,7-8H2,1H3. The van der Waals surface area contributed by atoms with E-state index in [1.54, 1.807) is 19.1 Å². The molecule has 1 aromatic carbocycles. The summed E-state index contributed by atoms with van der Waals surface area (Å²) in [5.74, 6) is 0. The monoisotopic (exact) mass is 272 g/mol. The molecule has 0 aliphatic heterocycles. The quantitative estimate of drug-likeness (QED) is 0.454. The molecule has 6 heteroatoms. The third-order valence-corrected chi connectivity index (χ3v) is 2.92. The lowest BCUT2D eigenvalue weighted by Crippen LogP contribution is -2.17. The fourth-order valence-electron chi connectivity index (χ4n) is 1.63. The molecule has 0 saturated heterocycles. The summed E-state index contributed by atoms with van der Waals surface area (Å²) in [6.07, 6.45) is 1.20. The van der Waals surface area contributed by atoms with Crippen molar-refractivity contribution in [3.8, 4) is 0 Å². The number of rotatable bonds is 7. The number of benzene rings is 1. The smallest absolute Gasteiger partial charge is 0.275 e. The molecule has 1 aromatic rings. The second kappa shape index (κ2) is 7.31. The highest BCUT2D eigenvalue weighted by Gasteiger charge is 2.15. The van der Waals surface area contributed by atoms with Gasteiger partial charge in [0.2, 0.25) is 0 Å². The molecule has 0 saturated carbocycles. The second-order valence-electron chi connectivity index (χ2n) is 4.16. The van der Waals surface area contributed by atoms with Gasteiger partial charge in [-0.05, 0) is 32.4 Å². The van der Waals surface area contributed by atoms with Crippen LogP contribution in [0, 0.1) is 10.1 Å². The lowest BCUT2D eigenvalue weighted by Gasteiger charge is -2.08. The van der Waals surface area contributed by atoms with Crippen LogP contribution < -0.4 is 5.32 Å². The Bertz CT molecular complexity index is 410. The Hall–Kier alpha value is -1.17. The number of aliphatic hydroxyl groups is 1. The van der Waals surface area contributed by atoms with Crippen molar-refractivity contribution in [3.05, 3.63) is 38.9 Å². The SMILES string of the molecule is CC(O)CCCNCc1c(Cl)cccc1[N+](=O)[O-]. The van der Waals surface area contributed by atoms with E-state index in [0.29, 0.717) is 30.1 Å². The molecule has 0 aliphatic rings. The van der Waals surface area contributed by atoms with E-state index in [4.69, 9.17) is 16.7 Å². The van der Waals surface area contributed by atoms with Gasteiger partial charge in [-0.25, -0.2) is 0 Å².